The Balaban J connectivity index is 2.61. The molecule has 0 aromatic rings. The van der Waals surface area contributed by atoms with Gasteiger partial charge < -0.3 is 21.1 Å². The van der Waals surface area contributed by atoms with Crippen LogP contribution in [-0.4, -0.2) is 58.7 Å². The molecule has 1 aliphatic heterocycles. The van der Waals surface area contributed by atoms with Crippen molar-refractivity contribution < 1.29 is 19.5 Å². The SMILES string of the molecule is NC(CS)C(=O)N1CCCC1C(=O)NCC(=O)O. The van der Waals surface area contributed by atoms with Gasteiger partial charge in [-0.15, -0.1) is 0 Å². The maximum Gasteiger partial charge on any atom is 0.322 e. The molecule has 1 aliphatic rings. The van der Waals surface area contributed by atoms with Crippen molar-refractivity contribution >= 4 is 30.4 Å². The highest BCUT2D eigenvalue weighted by Crippen LogP contribution is 2.18. The van der Waals surface area contributed by atoms with Gasteiger partial charge in [0.1, 0.15) is 12.6 Å². The number of amides is 2. The Kier molecular flexibility index (Phi) is 5.42. The van der Waals surface area contributed by atoms with E-state index < -0.39 is 30.5 Å². The normalized spacial score (nSPS) is 20.6. The second kappa shape index (κ2) is 6.60. The van der Waals surface area contributed by atoms with Crippen molar-refractivity contribution in [1.29, 1.82) is 0 Å². The lowest BCUT2D eigenvalue weighted by molar-refractivity contribution is -0.141. The van der Waals surface area contributed by atoms with Gasteiger partial charge >= 0.3 is 5.97 Å². The van der Waals surface area contributed by atoms with E-state index in [1.54, 1.807) is 0 Å². The van der Waals surface area contributed by atoms with Gasteiger partial charge in [0.15, 0.2) is 0 Å². The van der Waals surface area contributed by atoms with Crippen LogP contribution in [0, 0.1) is 0 Å². The molecule has 7 nitrogen and oxygen atoms in total. The quantitative estimate of drug-likeness (QED) is 0.453. The summed E-state index contributed by atoms with van der Waals surface area (Å²) in [4.78, 5) is 35.4. The minimum absolute atomic E-state index is 0.207. The molecule has 0 aliphatic carbocycles. The van der Waals surface area contributed by atoms with E-state index in [0.29, 0.717) is 19.4 Å². The van der Waals surface area contributed by atoms with E-state index in [-0.39, 0.29) is 11.7 Å². The van der Waals surface area contributed by atoms with Crippen molar-refractivity contribution in [3.63, 3.8) is 0 Å². The third-order valence-electron chi connectivity index (χ3n) is 2.77. The number of nitrogens with zero attached hydrogens (tertiary/aromatic N) is 1. The van der Waals surface area contributed by atoms with Gasteiger partial charge in [-0.2, -0.15) is 12.6 Å². The number of hydrogen-bond acceptors (Lipinski definition) is 5. The van der Waals surface area contributed by atoms with Gasteiger partial charge in [-0.1, -0.05) is 0 Å². The number of carbonyl (C=O) groups excluding carboxylic acids is 2. The highest BCUT2D eigenvalue weighted by molar-refractivity contribution is 7.80. The highest BCUT2D eigenvalue weighted by atomic mass is 32.1. The molecule has 0 spiro atoms. The zero-order valence-electron chi connectivity index (χ0n) is 9.83. The van der Waals surface area contributed by atoms with Crippen LogP contribution in [0.3, 0.4) is 0 Å². The van der Waals surface area contributed by atoms with Crippen molar-refractivity contribution in [3.8, 4) is 0 Å². The minimum atomic E-state index is -1.12. The monoisotopic (exact) mass is 275 g/mol. The van der Waals surface area contributed by atoms with Gasteiger partial charge in [-0.05, 0) is 12.8 Å². The Bertz CT molecular complexity index is 350. The van der Waals surface area contributed by atoms with E-state index in [1.807, 2.05) is 0 Å². The molecule has 4 N–H and O–H groups in total. The largest absolute Gasteiger partial charge is 0.480 e. The molecule has 0 aromatic heterocycles. The van der Waals surface area contributed by atoms with Crippen LogP contribution in [-0.2, 0) is 14.4 Å². The third-order valence-corrected chi connectivity index (χ3v) is 3.16. The van der Waals surface area contributed by atoms with Crippen LogP contribution in [0.2, 0.25) is 0 Å². The van der Waals surface area contributed by atoms with Crippen LogP contribution in [0.1, 0.15) is 12.8 Å². The van der Waals surface area contributed by atoms with Crippen molar-refractivity contribution in [2.45, 2.75) is 24.9 Å². The number of aliphatic carboxylic acids is 1. The average molecular weight is 275 g/mol. The van der Waals surface area contributed by atoms with Crippen LogP contribution < -0.4 is 11.1 Å². The summed E-state index contributed by atoms with van der Waals surface area (Å²) >= 11 is 3.95. The molecule has 2 amide bonds. The molecule has 2 unspecified atom stereocenters. The summed E-state index contributed by atoms with van der Waals surface area (Å²) in [5, 5.41) is 10.8. The third kappa shape index (κ3) is 3.61. The molecular weight excluding hydrogens is 258 g/mol. The molecule has 18 heavy (non-hydrogen) atoms. The van der Waals surface area contributed by atoms with E-state index in [4.69, 9.17) is 10.8 Å². The Hall–Kier alpha value is -1.28. The van der Waals surface area contributed by atoms with Gasteiger partial charge in [-0.25, -0.2) is 0 Å². The lowest BCUT2D eigenvalue weighted by Crippen LogP contribution is -2.52. The lowest BCUT2D eigenvalue weighted by Gasteiger charge is -2.25. The number of carboxylic acids is 1. The zero-order valence-corrected chi connectivity index (χ0v) is 10.7. The molecule has 0 bridgehead atoms. The molecule has 1 heterocycles. The summed E-state index contributed by atoms with van der Waals surface area (Å²) < 4.78 is 0. The number of nitrogens with two attached hydrogens (primary N) is 1. The van der Waals surface area contributed by atoms with Crippen LogP contribution in [0.4, 0.5) is 0 Å². The fraction of sp³-hybridized carbons (Fsp3) is 0.700. The topological polar surface area (TPSA) is 113 Å². The highest BCUT2D eigenvalue weighted by Gasteiger charge is 2.35. The second-order valence-electron chi connectivity index (χ2n) is 4.09. The maximum atomic E-state index is 11.9. The van der Waals surface area contributed by atoms with Crippen molar-refractivity contribution in [3.05, 3.63) is 0 Å². The van der Waals surface area contributed by atoms with Crippen molar-refractivity contribution in [1.82, 2.24) is 10.2 Å². The summed E-state index contributed by atoms with van der Waals surface area (Å²) in [6, 6.07) is -1.36. The van der Waals surface area contributed by atoms with Gasteiger partial charge in [-0.3, -0.25) is 14.4 Å². The van der Waals surface area contributed by atoms with E-state index in [0.717, 1.165) is 0 Å². The number of carbonyl (C=O) groups is 3. The first-order valence-electron chi connectivity index (χ1n) is 5.63. The fourth-order valence-electron chi connectivity index (χ4n) is 1.87. The predicted molar refractivity (Wildman–Crippen MR) is 67.2 cm³/mol. The number of rotatable bonds is 5. The van der Waals surface area contributed by atoms with Crippen LogP contribution in [0.25, 0.3) is 0 Å². The number of hydrogen-bond donors (Lipinski definition) is 4. The Labute approximate surface area is 110 Å². The molecule has 2 atom stereocenters. The molecular formula is C10H17N3O4S. The van der Waals surface area contributed by atoms with Crippen LogP contribution >= 0.6 is 12.6 Å². The summed E-state index contributed by atoms with van der Waals surface area (Å²) in [6.45, 7) is 0.0153. The molecule has 102 valence electrons. The van der Waals surface area contributed by atoms with E-state index in [1.165, 1.54) is 4.90 Å². The maximum absolute atomic E-state index is 11.9. The number of nitrogens with one attached hydrogen (secondary N) is 1. The fourth-order valence-corrected chi connectivity index (χ4v) is 2.03. The molecule has 0 saturated carbocycles. The van der Waals surface area contributed by atoms with Crippen molar-refractivity contribution in [2.24, 2.45) is 5.73 Å². The summed E-state index contributed by atoms with van der Waals surface area (Å²) in [7, 11) is 0. The van der Waals surface area contributed by atoms with Crippen LogP contribution in [0.15, 0.2) is 0 Å². The first-order chi connectivity index (χ1) is 8.47. The lowest BCUT2D eigenvalue weighted by atomic mass is 10.2. The molecule has 0 aromatic carbocycles. The number of thiol groups is 1. The van der Waals surface area contributed by atoms with E-state index in [9.17, 15) is 14.4 Å². The number of carboxylic acid groups (broad SMARTS) is 1. The summed E-state index contributed by atoms with van der Waals surface area (Å²) in [5.41, 5.74) is 5.59. The zero-order chi connectivity index (χ0) is 13.7. The first-order valence-corrected chi connectivity index (χ1v) is 6.27. The second-order valence-corrected chi connectivity index (χ2v) is 4.46. The molecule has 1 saturated heterocycles. The predicted octanol–water partition coefficient (Wildman–Crippen LogP) is -1.56. The van der Waals surface area contributed by atoms with Crippen molar-refractivity contribution in [2.75, 3.05) is 18.8 Å². The molecule has 0 radical (unpaired) electrons. The van der Waals surface area contributed by atoms with Crippen LogP contribution in [0.5, 0.6) is 0 Å². The average Bonchev–Trinajstić information content (AvgIpc) is 2.82. The smallest absolute Gasteiger partial charge is 0.322 e. The Morgan fingerprint density at radius 2 is 2.17 bits per heavy atom. The van der Waals surface area contributed by atoms with Gasteiger partial charge in [0.2, 0.25) is 11.8 Å². The molecule has 1 rings (SSSR count). The summed E-state index contributed by atoms with van der Waals surface area (Å²) in [6.07, 6.45) is 1.23. The first kappa shape index (κ1) is 14.8. The molecule has 1 fully saturated rings. The number of likely N-dealkylation sites (tertiary alicyclic amines) is 1. The van der Waals surface area contributed by atoms with E-state index >= 15 is 0 Å². The summed E-state index contributed by atoms with van der Waals surface area (Å²) in [5.74, 6) is -1.68. The van der Waals surface area contributed by atoms with Gasteiger partial charge in [0.25, 0.3) is 0 Å². The molecule has 8 heteroatoms. The minimum Gasteiger partial charge on any atom is -0.480 e. The van der Waals surface area contributed by atoms with E-state index in [2.05, 4.69) is 17.9 Å². The van der Waals surface area contributed by atoms with Gasteiger partial charge in [0, 0.05) is 12.3 Å². The Morgan fingerprint density at radius 1 is 1.50 bits per heavy atom. The standard InChI is InChI=1S/C10H17N3O4S/c11-6(5-18)10(17)13-3-1-2-7(13)9(16)12-4-8(14)15/h6-7,18H,1-5,11H2,(H,12,16)(H,14,15). The Morgan fingerprint density at radius 3 is 2.72 bits per heavy atom. The van der Waals surface area contributed by atoms with Gasteiger partial charge in [0.05, 0.1) is 6.04 Å².